The van der Waals surface area contributed by atoms with E-state index in [4.69, 9.17) is 0 Å². The fourth-order valence-electron chi connectivity index (χ4n) is 8.10. The number of benzene rings is 4. The number of piperidine rings is 2. The van der Waals surface area contributed by atoms with Crippen molar-refractivity contribution in [2.24, 2.45) is 11.8 Å². The Kier molecular flexibility index (Phi) is 11.9. The molecule has 8 nitrogen and oxygen atoms in total. The van der Waals surface area contributed by atoms with Gasteiger partial charge in [0.25, 0.3) is 11.8 Å². The number of likely N-dealkylation sites (tertiary alicyclic amines) is 2. The number of carbonyl (C=O) groups excluding carboxylic acids is 4. The zero-order valence-corrected chi connectivity index (χ0v) is 30.8. The number of fused-ring (bicyclic) bond motifs is 2. The lowest BCUT2D eigenvalue weighted by Crippen LogP contribution is -2.41. The van der Waals surface area contributed by atoms with Crippen molar-refractivity contribution in [3.63, 3.8) is 0 Å². The highest BCUT2D eigenvalue weighted by Crippen LogP contribution is 2.29. The van der Waals surface area contributed by atoms with Crippen molar-refractivity contribution in [1.29, 1.82) is 0 Å². The van der Waals surface area contributed by atoms with Crippen molar-refractivity contribution in [3.05, 3.63) is 142 Å². The molecule has 2 amide bonds. The van der Waals surface area contributed by atoms with Gasteiger partial charge in [-0.3, -0.25) is 29.0 Å². The lowest BCUT2D eigenvalue weighted by Gasteiger charge is -2.33. The average Bonchev–Trinajstić information content (AvgIpc) is 3.69. The van der Waals surface area contributed by atoms with Crippen LogP contribution in [0.25, 0.3) is 0 Å². The summed E-state index contributed by atoms with van der Waals surface area (Å²) in [6, 6.07) is 23.8. The zero-order chi connectivity index (χ0) is 38.5. The Balaban J connectivity index is 0.000000169. The second-order valence-corrected chi connectivity index (χ2v) is 15.1. The van der Waals surface area contributed by atoms with Crippen LogP contribution in [0.3, 0.4) is 0 Å². The largest absolute Gasteiger partial charge is 0.334 e. The quantitative estimate of drug-likeness (QED) is 0.164. The maximum Gasteiger partial charge on any atom is 0.254 e. The van der Waals surface area contributed by atoms with Crippen LogP contribution in [0.5, 0.6) is 0 Å². The van der Waals surface area contributed by atoms with Crippen molar-refractivity contribution in [3.8, 4) is 0 Å². The summed E-state index contributed by atoms with van der Waals surface area (Å²) in [4.78, 5) is 57.6. The molecule has 0 unspecified atom stereocenters. The van der Waals surface area contributed by atoms with E-state index >= 15 is 0 Å². The fourth-order valence-corrected chi connectivity index (χ4v) is 8.10. The topological polar surface area (TPSA) is 81.2 Å². The maximum absolute atomic E-state index is 13.9. The predicted molar refractivity (Wildman–Crippen MR) is 202 cm³/mol. The molecule has 0 atom stereocenters. The van der Waals surface area contributed by atoms with Gasteiger partial charge in [0, 0.05) is 54.0 Å². The van der Waals surface area contributed by atoms with Gasteiger partial charge in [0.2, 0.25) is 0 Å². The van der Waals surface area contributed by atoms with Crippen LogP contribution in [-0.4, -0.2) is 95.3 Å². The van der Waals surface area contributed by atoms with Gasteiger partial charge in [0.05, 0.1) is 13.1 Å². The van der Waals surface area contributed by atoms with Gasteiger partial charge in [-0.2, -0.15) is 0 Å². The van der Waals surface area contributed by atoms with E-state index in [1.54, 1.807) is 29.2 Å². The summed E-state index contributed by atoms with van der Waals surface area (Å²) in [6.07, 6.45) is 3.74. The van der Waals surface area contributed by atoms with Crippen LogP contribution in [0.2, 0.25) is 0 Å². The summed E-state index contributed by atoms with van der Waals surface area (Å²) in [7, 11) is 0. The minimum absolute atomic E-state index is 0.0147. The van der Waals surface area contributed by atoms with E-state index in [0.717, 1.165) is 69.5 Å². The first-order chi connectivity index (χ1) is 26.6. The molecule has 11 heteroatoms. The average molecular weight is 751 g/mol. The second kappa shape index (κ2) is 17.1. The van der Waals surface area contributed by atoms with Crippen LogP contribution < -0.4 is 0 Å². The molecular formula is C44H45F3N4O4. The van der Waals surface area contributed by atoms with Gasteiger partial charge < -0.3 is 9.80 Å². The first-order valence-corrected chi connectivity index (χ1v) is 19.1. The molecule has 2 saturated heterocycles. The number of ketones is 2. The first-order valence-electron chi connectivity index (χ1n) is 19.1. The molecule has 4 aliphatic rings. The number of carbonyl (C=O) groups is 4. The van der Waals surface area contributed by atoms with Gasteiger partial charge in [0.1, 0.15) is 17.5 Å². The smallest absolute Gasteiger partial charge is 0.254 e. The summed E-state index contributed by atoms with van der Waals surface area (Å²) in [6.45, 7) is 6.40. The molecule has 0 radical (unpaired) electrons. The maximum atomic E-state index is 13.9. The predicted octanol–water partition coefficient (Wildman–Crippen LogP) is 6.89. The third kappa shape index (κ3) is 9.23. The number of Topliss-reactive ketones (excluding diaryl/α,β-unsaturated/α-hetero) is 2. The molecule has 4 aromatic rings. The molecule has 4 aliphatic heterocycles. The summed E-state index contributed by atoms with van der Waals surface area (Å²) in [5, 5.41) is 0. The van der Waals surface area contributed by atoms with Crippen molar-refractivity contribution < 1.29 is 32.3 Å². The molecular weight excluding hydrogens is 706 g/mol. The van der Waals surface area contributed by atoms with Gasteiger partial charge in [-0.05, 0) is 136 Å². The zero-order valence-electron chi connectivity index (χ0n) is 30.8. The summed E-state index contributed by atoms with van der Waals surface area (Å²) < 4.78 is 39.9. The van der Waals surface area contributed by atoms with E-state index in [9.17, 15) is 32.3 Å². The molecule has 0 N–H and O–H groups in total. The van der Waals surface area contributed by atoms with Gasteiger partial charge in [-0.1, -0.05) is 24.3 Å². The first kappa shape index (κ1) is 38.2. The van der Waals surface area contributed by atoms with Gasteiger partial charge in [-0.25, -0.2) is 13.2 Å². The van der Waals surface area contributed by atoms with Gasteiger partial charge in [-0.15, -0.1) is 0 Å². The number of rotatable bonds is 10. The molecule has 4 aromatic carbocycles. The van der Waals surface area contributed by atoms with E-state index in [1.807, 2.05) is 29.2 Å². The third-order valence-corrected chi connectivity index (χ3v) is 11.3. The Morgan fingerprint density at radius 1 is 0.545 bits per heavy atom. The summed E-state index contributed by atoms with van der Waals surface area (Å²) in [5.74, 6) is -0.121. The summed E-state index contributed by atoms with van der Waals surface area (Å²) >= 11 is 0. The minimum atomic E-state index is -0.351. The lowest BCUT2D eigenvalue weighted by atomic mass is 9.95. The second-order valence-electron chi connectivity index (χ2n) is 15.1. The number of hydrogen-bond donors (Lipinski definition) is 0. The molecule has 0 saturated carbocycles. The Morgan fingerprint density at radius 3 is 1.49 bits per heavy atom. The third-order valence-electron chi connectivity index (χ3n) is 11.3. The molecule has 0 aromatic heterocycles. The number of nitrogens with zero attached hydrogens (tertiary/aromatic N) is 4. The van der Waals surface area contributed by atoms with Crippen LogP contribution in [0.4, 0.5) is 13.2 Å². The Hall–Kier alpha value is -5.13. The summed E-state index contributed by atoms with van der Waals surface area (Å²) in [5.41, 5.74) is 3.99. The molecule has 0 bridgehead atoms. The van der Waals surface area contributed by atoms with Crippen molar-refractivity contribution in [2.75, 3.05) is 52.4 Å². The van der Waals surface area contributed by atoms with Crippen molar-refractivity contribution in [1.82, 2.24) is 19.6 Å². The highest BCUT2D eigenvalue weighted by molar-refractivity contribution is 5.99. The SMILES string of the molecule is O=C(CN1CCC(CN2Cc3c(F)cccc3C2=O)CC1)c1ccc(F)cc1.O=C(CN1CCC(CN2Cc3ccccc3C2=O)CC1)c1ccc(F)cc1. The van der Waals surface area contributed by atoms with E-state index in [0.29, 0.717) is 66.8 Å². The molecule has 8 rings (SSSR count). The molecule has 55 heavy (non-hydrogen) atoms. The molecule has 0 aliphatic carbocycles. The lowest BCUT2D eigenvalue weighted by molar-refractivity contribution is 0.0697. The highest BCUT2D eigenvalue weighted by atomic mass is 19.1. The van der Waals surface area contributed by atoms with E-state index in [-0.39, 0.29) is 40.8 Å². The Bertz CT molecular complexity index is 2020. The number of halogens is 3. The van der Waals surface area contributed by atoms with E-state index in [2.05, 4.69) is 9.80 Å². The number of amides is 2. The normalized spacial score (nSPS) is 17.9. The molecule has 2 fully saturated rings. The minimum Gasteiger partial charge on any atom is -0.334 e. The van der Waals surface area contributed by atoms with Crippen LogP contribution in [0.1, 0.15) is 78.2 Å². The molecule has 286 valence electrons. The molecule has 0 spiro atoms. The van der Waals surface area contributed by atoms with Crippen LogP contribution in [-0.2, 0) is 13.1 Å². The van der Waals surface area contributed by atoms with E-state index in [1.165, 1.54) is 42.5 Å². The van der Waals surface area contributed by atoms with Crippen molar-refractivity contribution >= 4 is 23.4 Å². The Labute approximate surface area is 319 Å². The standard InChI is InChI=1S/C22H22F2N2O2.C22H23FN2O2/c23-17-6-4-16(5-7-17)21(27)14-25-10-8-15(9-11-25)12-26-13-19-18(22(26)28)2-1-3-20(19)24;23-19-7-5-17(6-8-19)21(26)15-24-11-9-16(10-12-24)13-25-14-18-3-1-2-4-20(18)22(25)27/h1-7,15H,8-14H2;1-8,16H,9-15H2. The van der Waals surface area contributed by atoms with Crippen molar-refractivity contribution in [2.45, 2.75) is 38.8 Å². The van der Waals surface area contributed by atoms with Gasteiger partial charge >= 0.3 is 0 Å². The fraction of sp³-hybridized carbons (Fsp3) is 0.364. The highest BCUT2D eigenvalue weighted by Gasteiger charge is 2.33. The molecule has 4 heterocycles. The Morgan fingerprint density at radius 2 is 1.00 bits per heavy atom. The van der Waals surface area contributed by atoms with Gasteiger partial charge in [0.15, 0.2) is 11.6 Å². The van der Waals surface area contributed by atoms with Crippen LogP contribution in [0.15, 0.2) is 91.0 Å². The van der Waals surface area contributed by atoms with Crippen LogP contribution >= 0.6 is 0 Å². The van der Waals surface area contributed by atoms with E-state index < -0.39 is 0 Å². The van der Waals surface area contributed by atoms with Crippen LogP contribution in [0, 0.1) is 29.3 Å². The number of hydrogen-bond acceptors (Lipinski definition) is 6. The monoisotopic (exact) mass is 750 g/mol.